The van der Waals surface area contributed by atoms with Crippen molar-refractivity contribution in [3.63, 3.8) is 0 Å². The Bertz CT molecular complexity index is 1370. The number of fused-ring (bicyclic) bond motifs is 1. The highest BCUT2D eigenvalue weighted by Crippen LogP contribution is 2.38. The van der Waals surface area contributed by atoms with Gasteiger partial charge in [0.2, 0.25) is 0 Å². The molecule has 3 aromatic rings. The van der Waals surface area contributed by atoms with Gasteiger partial charge in [-0.15, -0.1) is 0 Å². The maximum Gasteiger partial charge on any atom is 0.328 e. The Labute approximate surface area is 204 Å². The lowest BCUT2D eigenvalue weighted by Crippen LogP contribution is -2.42. The number of nitro groups is 1. The van der Waals surface area contributed by atoms with Crippen LogP contribution in [0.1, 0.15) is 18.1 Å². The average molecular weight is 493 g/mol. The number of rotatable bonds is 7. The Hall–Kier alpha value is -4.18. The summed E-state index contributed by atoms with van der Waals surface area (Å²) in [4.78, 5) is 48.9. The van der Waals surface area contributed by atoms with Crippen molar-refractivity contribution in [1.82, 2.24) is 4.90 Å². The fourth-order valence-electron chi connectivity index (χ4n) is 3.65. The van der Waals surface area contributed by atoms with Crippen molar-refractivity contribution in [1.29, 1.82) is 0 Å². The van der Waals surface area contributed by atoms with E-state index in [2.05, 4.69) is 4.74 Å². The van der Waals surface area contributed by atoms with Crippen LogP contribution in [0.4, 0.5) is 10.5 Å². The second-order valence-electron chi connectivity index (χ2n) is 7.66. The van der Waals surface area contributed by atoms with Crippen molar-refractivity contribution in [3.05, 3.63) is 86.8 Å². The molecule has 10 heteroatoms. The number of amides is 2. The van der Waals surface area contributed by atoms with Crippen molar-refractivity contribution in [3.8, 4) is 5.75 Å². The van der Waals surface area contributed by atoms with Gasteiger partial charge < -0.3 is 9.47 Å². The summed E-state index contributed by atoms with van der Waals surface area (Å²) >= 11 is 0.740. The Morgan fingerprint density at radius 2 is 1.83 bits per heavy atom. The molecule has 0 aromatic heterocycles. The second-order valence-corrected chi connectivity index (χ2v) is 8.65. The summed E-state index contributed by atoms with van der Waals surface area (Å²) in [5, 5.41) is 12.0. The Kier molecular flexibility index (Phi) is 6.83. The number of carbonyl (C=O) groups excluding carboxylic acids is 3. The van der Waals surface area contributed by atoms with Gasteiger partial charge in [-0.3, -0.25) is 24.6 Å². The number of non-ortho nitro benzene ring substituents is 1. The number of esters is 1. The normalized spacial score (nSPS) is 15.5. The van der Waals surface area contributed by atoms with Gasteiger partial charge >= 0.3 is 5.97 Å². The summed E-state index contributed by atoms with van der Waals surface area (Å²) < 4.78 is 10.7. The number of methoxy groups -OCH3 is 1. The van der Waals surface area contributed by atoms with Gasteiger partial charge in [0.1, 0.15) is 18.4 Å². The second kappa shape index (κ2) is 9.98. The monoisotopic (exact) mass is 492 g/mol. The zero-order chi connectivity index (χ0) is 25.1. The molecular formula is C25H20N2O7S. The molecule has 178 valence electrons. The number of thioether (sulfide) groups is 1. The van der Waals surface area contributed by atoms with Crippen molar-refractivity contribution in [2.45, 2.75) is 19.6 Å². The molecule has 1 fully saturated rings. The molecule has 1 aliphatic rings. The van der Waals surface area contributed by atoms with Gasteiger partial charge in [-0.2, -0.15) is 0 Å². The molecule has 3 aromatic carbocycles. The van der Waals surface area contributed by atoms with Crippen LogP contribution in [0.3, 0.4) is 0 Å². The third-order valence-electron chi connectivity index (χ3n) is 5.50. The van der Waals surface area contributed by atoms with Crippen molar-refractivity contribution in [2.24, 2.45) is 0 Å². The molecule has 1 aliphatic heterocycles. The first-order valence-corrected chi connectivity index (χ1v) is 11.3. The minimum absolute atomic E-state index is 0.0166. The average Bonchev–Trinajstić information content (AvgIpc) is 3.15. The number of ether oxygens (including phenoxy) is 2. The van der Waals surface area contributed by atoms with Crippen molar-refractivity contribution in [2.75, 3.05) is 7.11 Å². The van der Waals surface area contributed by atoms with E-state index in [9.17, 15) is 24.5 Å². The highest BCUT2D eigenvalue weighted by Gasteiger charge is 2.41. The van der Waals surface area contributed by atoms with E-state index in [1.807, 2.05) is 30.3 Å². The van der Waals surface area contributed by atoms with E-state index < -0.39 is 28.1 Å². The van der Waals surface area contributed by atoms with Gasteiger partial charge in [0, 0.05) is 17.7 Å². The molecule has 9 nitrogen and oxygen atoms in total. The molecule has 0 radical (unpaired) electrons. The molecule has 0 saturated carbocycles. The van der Waals surface area contributed by atoms with Gasteiger partial charge in [-0.05, 0) is 59.3 Å². The number of carbonyl (C=O) groups is 3. The number of nitrogens with zero attached hydrogens (tertiary/aromatic N) is 2. The minimum atomic E-state index is -1.05. The molecule has 1 heterocycles. The summed E-state index contributed by atoms with van der Waals surface area (Å²) in [5.41, 5.74) is 1.31. The van der Waals surface area contributed by atoms with Crippen molar-refractivity contribution < 1.29 is 28.8 Å². The molecule has 1 saturated heterocycles. The van der Waals surface area contributed by atoms with E-state index >= 15 is 0 Å². The minimum Gasteiger partial charge on any atom is -0.488 e. The predicted octanol–water partition coefficient (Wildman–Crippen LogP) is 4.92. The van der Waals surface area contributed by atoms with Crippen LogP contribution in [0.2, 0.25) is 0 Å². The van der Waals surface area contributed by atoms with Crippen LogP contribution in [0.5, 0.6) is 5.75 Å². The van der Waals surface area contributed by atoms with E-state index in [1.54, 1.807) is 24.3 Å². The van der Waals surface area contributed by atoms with Crippen molar-refractivity contribution >= 4 is 51.4 Å². The summed E-state index contributed by atoms with van der Waals surface area (Å²) in [6.45, 7) is 1.57. The molecule has 0 spiro atoms. The Morgan fingerprint density at radius 3 is 2.51 bits per heavy atom. The van der Waals surface area contributed by atoms with Gasteiger partial charge in [0.25, 0.3) is 16.8 Å². The highest BCUT2D eigenvalue weighted by atomic mass is 32.2. The number of imide groups is 1. The summed E-state index contributed by atoms with van der Waals surface area (Å²) in [6.07, 6.45) is 1.59. The molecular weight excluding hydrogens is 472 g/mol. The number of hydrogen-bond acceptors (Lipinski definition) is 8. The summed E-state index contributed by atoms with van der Waals surface area (Å²) in [6, 6.07) is 16.1. The maximum atomic E-state index is 13.0. The first-order chi connectivity index (χ1) is 16.8. The summed E-state index contributed by atoms with van der Waals surface area (Å²) in [7, 11) is 1.19. The van der Waals surface area contributed by atoms with Crippen LogP contribution in [0.15, 0.2) is 65.6 Å². The van der Waals surface area contributed by atoms with E-state index in [4.69, 9.17) is 4.74 Å². The Balaban J connectivity index is 1.68. The largest absolute Gasteiger partial charge is 0.488 e. The lowest BCUT2D eigenvalue weighted by Gasteiger charge is -2.18. The summed E-state index contributed by atoms with van der Waals surface area (Å²) in [5.74, 6) is -0.812. The van der Waals surface area contributed by atoms with Crippen LogP contribution in [0.25, 0.3) is 16.8 Å². The third kappa shape index (κ3) is 4.87. The zero-order valence-electron chi connectivity index (χ0n) is 18.8. The molecule has 0 N–H and O–H groups in total. The molecule has 4 rings (SSSR count). The quantitative estimate of drug-likeness (QED) is 0.197. The maximum absolute atomic E-state index is 13.0. The number of hydrogen-bond donors (Lipinski definition) is 0. The highest BCUT2D eigenvalue weighted by molar-refractivity contribution is 8.18. The molecule has 0 unspecified atom stereocenters. The molecule has 0 bridgehead atoms. The van der Waals surface area contributed by atoms with Crippen LogP contribution >= 0.6 is 11.8 Å². The van der Waals surface area contributed by atoms with Crippen LogP contribution in [0, 0.1) is 10.1 Å². The fourth-order valence-corrected chi connectivity index (χ4v) is 4.54. The van der Waals surface area contributed by atoms with Crippen LogP contribution < -0.4 is 4.74 Å². The lowest BCUT2D eigenvalue weighted by molar-refractivity contribution is -0.384. The van der Waals surface area contributed by atoms with E-state index in [1.165, 1.54) is 26.2 Å². The van der Waals surface area contributed by atoms with E-state index in [0.717, 1.165) is 33.0 Å². The van der Waals surface area contributed by atoms with Crippen LogP contribution in [-0.4, -0.2) is 40.1 Å². The topological polar surface area (TPSA) is 116 Å². The standard InChI is InChI=1S/C25H20N2O7S/c1-15(24(29)33-2)26-23(28)22(35-25(26)30)13-20-19-6-4-3-5-17(19)9-12-21(20)34-14-16-7-10-18(11-8-16)27(31)32/h3-13,15H,14H2,1-2H3/b22-13+/t15-/m0/s1. The zero-order valence-corrected chi connectivity index (χ0v) is 19.6. The van der Waals surface area contributed by atoms with E-state index in [0.29, 0.717) is 11.3 Å². The van der Waals surface area contributed by atoms with Gasteiger partial charge in [0.15, 0.2) is 0 Å². The van der Waals surface area contributed by atoms with Gasteiger partial charge in [-0.25, -0.2) is 4.79 Å². The van der Waals surface area contributed by atoms with E-state index in [-0.39, 0.29) is 17.2 Å². The number of benzene rings is 3. The predicted molar refractivity (Wildman–Crippen MR) is 131 cm³/mol. The Morgan fingerprint density at radius 1 is 1.11 bits per heavy atom. The first-order valence-electron chi connectivity index (χ1n) is 10.5. The van der Waals surface area contributed by atoms with Gasteiger partial charge in [-0.1, -0.05) is 30.3 Å². The lowest BCUT2D eigenvalue weighted by atomic mass is 10.0. The van der Waals surface area contributed by atoms with Crippen LogP contribution in [-0.2, 0) is 20.9 Å². The van der Waals surface area contributed by atoms with Gasteiger partial charge in [0.05, 0.1) is 16.9 Å². The SMILES string of the molecule is COC(=O)[C@H](C)N1C(=O)S/C(=C/c2c(OCc3ccc([N+](=O)[O-])cc3)ccc3ccccc23)C1=O. The number of nitro benzene ring substituents is 1. The third-order valence-corrected chi connectivity index (χ3v) is 6.38. The smallest absolute Gasteiger partial charge is 0.328 e. The molecule has 1 atom stereocenters. The molecule has 0 aliphatic carbocycles. The first kappa shape index (κ1) is 24.0. The molecule has 35 heavy (non-hydrogen) atoms. The fraction of sp³-hybridized carbons (Fsp3) is 0.160. The molecule has 2 amide bonds.